The molecule has 7 heteroatoms. The quantitative estimate of drug-likeness (QED) is 0.711. The van der Waals surface area contributed by atoms with Gasteiger partial charge in [-0.15, -0.1) is 0 Å². The highest BCUT2D eigenvalue weighted by Gasteiger charge is 2.10. The van der Waals surface area contributed by atoms with Crippen molar-refractivity contribution in [3.8, 4) is 17.1 Å². The summed E-state index contributed by atoms with van der Waals surface area (Å²) in [6, 6.07) is 10.5. The average Bonchev–Trinajstić information content (AvgIpc) is 2.54. The number of nitrogens with zero attached hydrogens (tertiary/aromatic N) is 2. The Kier molecular flexibility index (Phi) is 4.52. The van der Waals surface area contributed by atoms with Crippen LogP contribution in [0.25, 0.3) is 11.4 Å². The number of aromatic nitrogens is 2. The van der Waals surface area contributed by atoms with Crippen molar-refractivity contribution in [2.75, 3.05) is 5.32 Å². The van der Waals surface area contributed by atoms with E-state index in [9.17, 15) is 14.3 Å². The molecule has 0 unspecified atom stereocenters. The Morgan fingerprint density at radius 1 is 1.12 bits per heavy atom. The highest BCUT2D eigenvalue weighted by molar-refractivity contribution is 9.10. The van der Waals surface area contributed by atoms with Gasteiger partial charge in [0.1, 0.15) is 11.6 Å². The highest BCUT2D eigenvalue weighted by atomic mass is 79.9. The van der Waals surface area contributed by atoms with Crippen molar-refractivity contribution in [2.24, 2.45) is 0 Å². The van der Waals surface area contributed by atoms with Crippen LogP contribution < -0.4 is 5.32 Å². The zero-order valence-corrected chi connectivity index (χ0v) is 13.8. The van der Waals surface area contributed by atoms with Crippen molar-refractivity contribution in [1.29, 1.82) is 0 Å². The molecule has 0 aliphatic heterocycles. The number of amides is 1. The summed E-state index contributed by atoms with van der Waals surface area (Å²) in [5.74, 6) is -0.448. The van der Waals surface area contributed by atoms with Crippen molar-refractivity contribution in [2.45, 2.75) is 0 Å². The van der Waals surface area contributed by atoms with Gasteiger partial charge in [0.2, 0.25) is 0 Å². The number of aromatic hydroxyl groups is 1. The summed E-state index contributed by atoms with van der Waals surface area (Å²) in [6.45, 7) is 0. The number of rotatable bonds is 3. The number of phenolic OH excluding ortho intramolecular Hbond substituents is 1. The Bertz CT molecular complexity index is 880. The number of anilines is 1. The number of hydrogen-bond acceptors (Lipinski definition) is 4. The Hall–Kier alpha value is -2.80. The van der Waals surface area contributed by atoms with Crippen LogP contribution in [0.3, 0.4) is 0 Å². The number of benzene rings is 2. The number of halogens is 2. The van der Waals surface area contributed by atoms with E-state index in [1.807, 2.05) is 0 Å². The van der Waals surface area contributed by atoms with Crippen LogP contribution in [0.5, 0.6) is 5.75 Å². The predicted octanol–water partition coefficient (Wildman–Crippen LogP) is 4.00. The Morgan fingerprint density at radius 2 is 1.88 bits per heavy atom. The molecule has 0 saturated heterocycles. The molecule has 0 saturated carbocycles. The number of nitrogens with one attached hydrogen (secondary N) is 1. The fraction of sp³-hybridized carbons (Fsp3) is 0. The van der Waals surface area contributed by atoms with Crippen molar-refractivity contribution in [3.63, 3.8) is 0 Å². The molecule has 3 aromatic rings. The van der Waals surface area contributed by atoms with E-state index in [2.05, 4.69) is 31.2 Å². The third kappa shape index (κ3) is 3.75. The lowest BCUT2D eigenvalue weighted by Gasteiger charge is -2.06. The van der Waals surface area contributed by atoms with Crippen LogP contribution in [0.2, 0.25) is 0 Å². The standard InChI is InChI=1S/C17H11BrFN3O2/c18-12-4-11(5-13(19)7-12)17(24)22-14-8-20-16(21-9-14)10-2-1-3-15(23)6-10/h1-9,23H,(H,22,24). The molecule has 2 N–H and O–H groups in total. The fourth-order valence-electron chi connectivity index (χ4n) is 2.07. The van der Waals surface area contributed by atoms with Crippen LogP contribution in [0, 0.1) is 5.82 Å². The Balaban J connectivity index is 1.77. The van der Waals surface area contributed by atoms with Gasteiger partial charge in [-0.3, -0.25) is 4.79 Å². The molecule has 0 atom stereocenters. The van der Waals surface area contributed by atoms with Crippen LogP contribution in [0.1, 0.15) is 10.4 Å². The first-order chi connectivity index (χ1) is 11.5. The van der Waals surface area contributed by atoms with Crippen LogP contribution in [0.4, 0.5) is 10.1 Å². The van der Waals surface area contributed by atoms with Gasteiger partial charge in [0.15, 0.2) is 5.82 Å². The van der Waals surface area contributed by atoms with E-state index in [-0.39, 0.29) is 11.3 Å². The lowest BCUT2D eigenvalue weighted by molar-refractivity contribution is 0.102. The molecule has 0 radical (unpaired) electrons. The van der Waals surface area contributed by atoms with Crippen molar-refractivity contribution in [1.82, 2.24) is 9.97 Å². The molecule has 2 aromatic carbocycles. The average molecular weight is 388 g/mol. The summed E-state index contributed by atoms with van der Waals surface area (Å²) in [5.41, 5.74) is 1.21. The van der Waals surface area contributed by atoms with E-state index in [0.29, 0.717) is 21.5 Å². The predicted molar refractivity (Wildman–Crippen MR) is 91.2 cm³/mol. The zero-order chi connectivity index (χ0) is 17.1. The maximum Gasteiger partial charge on any atom is 0.255 e. The monoisotopic (exact) mass is 387 g/mol. The van der Waals surface area contributed by atoms with E-state index >= 15 is 0 Å². The van der Waals surface area contributed by atoms with Gasteiger partial charge >= 0.3 is 0 Å². The summed E-state index contributed by atoms with van der Waals surface area (Å²) >= 11 is 3.14. The van der Waals surface area contributed by atoms with Gasteiger partial charge < -0.3 is 10.4 Å². The molecule has 1 heterocycles. The lowest BCUT2D eigenvalue weighted by Crippen LogP contribution is -2.12. The van der Waals surface area contributed by atoms with Crippen molar-refractivity contribution >= 4 is 27.5 Å². The Labute approximate surface area is 145 Å². The number of carbonyl (C=O) groups excluding carboxylic acids is 1. The molecule has 0 fully saturated rings. The first kappa shape index (κ1) is 16.1. The normalized spacial score (nSPS) is 10.4. The number of hydrogen-bond donors (Lipinski definition) is 2. The summed E-state index contributed by atoms with van der Waals surface area (Å²) in [6.07, 6.45) is 2.89. The van der Waals surface area contributed by atoms with Crippen LogP contribution >= 0.6 is 15.9 Å². The molecule has 5 nitrogen and oxygen atoms in total. The van der Waals surface area contributed by atoms with E-state index in [1.54, 1.807) is 18.2 Å². The van der Waals surface area contributed by atoms with Gasteiger partial charge in [0.05, 0.1) is 18.1 Å². The maximum atomic E-state index is 13.3. The molecular weight excluding hydrogens is 377 g/mol. The van der Waals surface area contributed by atoms with Crippen LogP contribution in [0.15, 0.2) is 59.3 Å². The second kappa shape index (κ2) is 6.76. The molecule has 0 aliphatic rings. The SMILES string of the molecule is O=C(Nc1cnc(-c2cccc(O)c2)nc1)c1cc(F)cc(Br)c1. The first-order valence-corrected chi connectivity index (χ1v) is 7.69. The molecular formula is C17H11BrFN3O2. The van der Waals surface area contributed by atoms with Crippen LogP contribution in [-0.4, -0.2) is 21.0 Å². The molecule has 1 aromatic heterocycles. The molecule has 0 aliphatic carbocycles. The lowest BCUT2D eigenvalue weighted by atomic mass is 10.2. The minimum absolute atomic E-state index is 0.116. The van der Waals surface area contributed by atoms with Gasteiger partial charge in [-0.1, -0.05) is 28.1 Å². The maximum absolute atomic E-state index is 13.3. The summed E-state index contributed by atoms with van der Waals surface area (Å²) in [7, 11) is 0. The number of carbonyl (C=O) groups is 1. The summed E-state index contributed by atoms with van der Waals surface area (Å²) < 4.78 is 13.8. The highest BCUT2D eigenvalue weighted by Crippen LogP contribution is 2.21. The third-order valence-corrected chi connectivity index (χ3v) is 3.60. The van der Waals surface area contributed by atoms with Gasteiger partial charge in [-0.05, 0) is 30.3 Å². The van der Waals surface area contributed by atoms with Gasteiger partial charge in [0.25, 0.3) is 5.91 Å². The minimum atomic E-state index is -0.509. The zero-order valence-electron chi connectivity index (χ0n) is 12.2. The second-order valence-electron chi connectivity index (χ2n) is 4.96. The molecule has 0 bridgehead atoms. The topological polar surface area (TPSA) is 75.1 Å². The second-order valence-corrected chi connectivity index (χ2v) is 5.87. The molecule has 120 valence electrons. The van der Waals surface area contributed by atoms with Gasteiger partial charge in [-0.25, -0.2) is 14.4 Å². The molecule has 0 spiro atoms. The molecule has 3 rings (SSSR count). The van der Waals surface area contributed by atoms with E-state index in [4.69, 9.17) is 0 Å². The van der Waals surface area contributed by atoms with Gasteiger partial charge in [0, 0.05) is 15.6 Å². The van der Waals surface area contributed by atoms with E-state index in [0.717, 1.165) is 6.07 Å². The van der Waals surface area contributed by atoms with E-state index in [1.165, 1.54) is 30.6 Å². The first-order valence-electron chi connectivity index (χ1n) is 6.90. The van der Waals surface area contributed by atoms with Crippen LogP contribution in [-0.2, 0) is 0 Å². The fourth-order valence-corrected chi connectivity index (χ4v) is 2.54. The Morgan fingerprint density at radius 3 is 2.54 bits per heavy atom. The van der Waals surface area contributed by atoms with E-state index < -0.39 is 11.7 Å². The largest absolute Gasteiger partial charge is 0.508 e. The molecule has 24 heavy (non-hydrogen) atoms. The van der Waals surface area contributed by atoms with Crippen molar-refractivity contribution < 1.29 is 14.3 Å². The minimum Gasteiger partial charge on any atom is -0.508 e. The van der Waals surface area contributed by atoms with Crippen molar-refractivity contribution in [3.05, 3.63) is 70.7 Å². The third-order valence-electron chi connectivity index (χ3n) is 3.14. The summed E-state index contributed by atoms with van der Waals surface area (Å²) in [5, 5.41) is 12.1. The smallest absolute Gasteiger partial charge is 0.255 e. The molecule has 1 amide bonds. The van der Waals surface area contributed by atoms with Gasteiger partial charge in [-0.2, -0.15) is 0 Å². The summed E-state index contributed by atoms with van der Waals surface area (Å²) in [4.78, 5) is 20.4. The number of phenols is 1.